The summed E-state index contributed by atoms with van der Waals surface area (Å²) in [6.45, 7) is 1.51. The second-order valence-corrected chi connectivity index (χ2v) is 8.85. The van der Waals surface area contributed by atoms with Crippen molar-refractivity contribution in [3.05, 3.63) is 95.6 Å². The van der Waals surface area contributed by atoms with Crippen molar-refractivity contribution < 1.29 is 19.1 Å². The van der Waals surface area contributed by atoms with E-state index in [1.807, 2.05) is 36.4 Å². The number of hydrogen-bond donors (Lipinski definition) is 1. The summed E-state index contributed by atoms with van der Waals surface area (Å²) in [6, 6.07) is 25.4. The molecule has 0 spiro atoms. The van der Waals surface area contributed by atoms with E-state index in [0.717, 1.165) is 12.0 Å². The summed E-state index contributed by atoms with van der Waals surface area (Å²) in [6.07, 6.45) is 1.48. The van der Waals surface area contributed by atoms with E-state index in [9.17, 15) is 9.59 Å². The summed E-state index contributed by atoms with van der Waals surface area (Å²) in [5, 5.41) is 3.09. The zero-order chi connectivity index (χ0) is 24.6. The molecule has 2 amide bonds. The summed E-state index contributed by atoms with van der Waals surface area (Å²) in [5.74, 6) is 0.749. The van der Waals surface area contributed by atoms with E-state index >= 15 is 0 Å². The van der Waals surface area contributed by atoms with E-state index < -0.39 is 0 Å². The maximum atomic E-state index is 13.5. The Hall–Kier alpha value is -3.80. The molecule has 1 heterocycles. The molecule has 6 heteroatoms. The molecule has 0 bridgehead atoms. The van der Waals surface area contributed by atoms with Crippen LogP contribution in [-0.4, -0.2) is 50.6 Å². The van der Waals surface area contributed by atoms with Crippen LogP contribution >= 0.6 is 0 Å². The van der Waals surface area contributed by atoms with Crippen molar-refractivity contribution in [2.45, 2.75) is 18.8 Å². The van der Waals surface area contributed by atoms with Crippen LogP contribution in [0, 0.1) is 5.92 Å². The van der Waals surface area contributed by atoms with E-state index in [0.29, 0.717) is 43.1 Å². The minimum Gasteiger partial charge on any atom is -0.493 e. The van der Waals surface area contributed by atoms with Crippen molar-refractivity contribution in [3.63, 3.8) is 0 Å². The van der Waals surface area contributed by atoms with Crippen LogP contribution in [0.15, 0.2) is 78.9 Å². The van der Waals surface area contributed by atoms with Gasteiger partial charge in [0, 0.05) is 31.1 Å². The third-order valence-electron chi connectivity index (χ3n) is 6.57. The average molecular weight is 473 g/mol. The first kappa shape index (κ1) is 24.3. The number of benzene rings is 3. The molecule has 0 radical (unpaired) electrons. The lowest BCUT2D eigenvalue weighted by molar-refractivity contribution is -0.126. The Bertz CT molecular complexity index is 1130. The molecule has 4 rings (SSSR count). The predicted octanol–water partition coefficient (Wildman–Crippen LogP) is 4.31. The van der Waals surface area contributed by atoms with Crippen molar-refractivity contribution in [1.82, 2.24) is 10.2 Å². The number of nitrogens with zero attached hydrogens (tertiary/aromatic N) is 1. The van der Waals surface area contributed by atoms with Crippen molar-refractivity contribution in [2.75, 3.05) is 33.9 Å². The Kier molecular flexibility index (Phi) is 8.03. The van der Waals surface area contributed by atoms with Crippen LogP contribution in [0.5, 0.6) is 11.5 Å². The van der Waals surface area contributed by atoms with E-state index in [1.165, 1.54) is 5.56 Å². The Morgan fingerprint density at radius 1 is 0.886 bits per heavy atom. The van der Waals surface area contributed by atoms with Crippen molar-refractivity contribution in [1.29, 1.82) is 0 Å². The van der Waals surface area contributed by atoms with Crippen LogP contribution in [0.25, 0.3) is 0 Å². The number of likely N-dealkylation sites (tertiary alicyclic amines) is 1. The third kappa shape index (κ3) is 6.01. The van der Waals surface area contributed by atoms with Gasteiger partial charge in [0.25, 0.3) is 5.91 Å². The van der Waals surface area contributed by atoms with Crippen LogP contribution in [0.1, 0.15) is 33.8 Å². The molecule has 0 saturated carbocycles. The molecule has 2 atom stereocenters. The Morgan fingerprint density at radius 2 is 1.57 bits per heavy atom. The van der Waals surface area contributed by atoms with Gasteiger partial charge in [0.1, 0.15) is 0 Å². The fraction of sp³-hybridized carbons (Fsp3) is 0.310. The Labute approximate surface area is 206 Å². The molecule has 6 nitrogen and oxygen atoms in total. The van der Waals surface area contributed by atoms with Gasteiger partial charge in [-0.25, -0.2) is 0 Å². The maximum absolute atomic E-state index is 13.5. The van der Waals surface area contributed by atoms with Crippen molar-refractivity contribution in [2.24, 2.45) is 5.92 Å². The Balaban J connectivity index is 1.50. The summed E-state index contributed by atoms with van der Waals surface area (Å²) in [7, 11) is 3.11. The number of amides is 2. The minimum absolute atomic E-state index is 0.00771. The summed E-state index contributed by atoms with van der Waals surface area (Å²) in [5.41, 5.74) is 2.84. The van der Waals surface area contributed by atoms with E-state index in [1.54, 1.807) is 37.3 Å². The fourth-order valence-corrected chi connectivity index (χ4v) is 4.69. The number of methoxy groups -OCH3 is 2. The number of ether oxygens (including phenoxy) is 2. The first-order chi connectivity index (χ1) is 17.1. The predicted molar refractivity (Wildman–Crippen MR) is 136 cm³/mol. The standard InChI is InChI=1S/C29H32N2O4/c1-34-26-14-13-23(18-27(26)35-2)29(33)31-19-24(22-11-7-4-8-12-22)17-25(20-31)28(32)30-16-15-21-9-5-3-6-10-21/h3-14,18,24-25H,15-17,19-20H2,1-2H3,(H,30,32). The highest BCUT2D eigenvalue weighted by Gasteiger charge is 2.35. The van der Waals surface area contributed by atoms with Gasteiger partial charge in [-0.1, -0.05) is 60.7 Å². The molecule has 1 fully saturated rings. The highest BCUT2D eigenvalue weighted by atomic mass is 16.5. The fourth-order valence-electron chi connectivity index (χ4n) is 4.69. The lowest BCUT2D eigenvalue weighted by Gasteiger charge is -2.37. The number of carbonyl (C=O) groups excluding carboxylic acids is 2. The molecule has 182 valence electrons. The van der Waals surface area contributed by atoms with Crippen LogP contribution in [0.3, 0.4) is 0 Å². The van der Waals surface area contributed by atoms with Crippen LogP contribution in [0.2, 0.25) is 0 Å². The molecule has 1 N–H and O–H groups in total. The SMILES string of the molecule is COc1ccc(C(=O)N2CC(C(=O)NCCc3ccccc3)CC(c3ccccc3)C2)cc1OC. The lowest BCUT2D eigenvalue weighted by Crippen LogP contribution is -2.48. The molecule has 0 aliphatic carbocycles. The summed E-state index contributed by atoms with van der Waals surface area (Å²) < 4.78 is 10.7. The van der Waals surface area contributed by atoms with Gasteiger partial charge in [-0.15, -0.1) is 0 Å². The molecule has 35 heavy (non-hydrogen) atoms. The zero-order valence-corrected chi connectivity index (χ0v) is 20.3. The third-order valence-corrected chi connectivity index (χ3v) is 6.57. The topological polar surface area (TPSA) is 67.9 Å². The van der Waals surface area contributed by atoms with E-state index in [-0.39, 0.29) is 23.7 Å². The minimum atomic E-state index is -0.283. The number of carbonyl (C=O) groups is 2. The lowest BCUT2D eigenvalue weighted by atomic mass is 9.83. The summed E-state index contributed by atoms with van der Waals surface area (Å²) in [4.78, 5) is 28.5. The first-order valence-corrected chi connectivity index (χ1v) is 12.0. The molecule has 1 aliphatic heterocycles. The summed E-state index contributed by atoms with van der Waals surface area (Å²) >= 11 is 0. The van der Waals surface area contributed by atoms with Crippen molar-refractivity contribution >= 4 is 11.8 Å². The monoisotopic (exact) mass is 472 g/mol. The van der Waals surface area contributed by atoms with Crippen LogP contribution in [-0.2, 0) is 11.2 Å². The van der Waals surface area contributed by atoms with E-state index in [2.05, 4.69) is 29.6 Å². The quantitative estimate of drug-likeness (QED) is 0.531. The Morgan fingerprint density at radius 3 is 2.26 bits per heavy atom. The number of nitrogens with one attached hydrogen (secondary N) is 1. The van der Waals surface area contributed by atoms with Gasteiger partial charge >= 0.3 is 0 Å². The van der Waals surface area contributed by atoms with Crippen LogP contribution < -0.4 is 14.8 Å². The number of hydrogen-bond acceptors (Lipinski definition) is 4. The zero-order valence-electron chi connectivity index (χ0n) is 20.3. The average Bonchev–Trinajstić information content (AvgIpc) is 2.93. The van der Waals surface area contributed by atoms with Crippen molar-refractivity contribution in [3.8, 4) is 11.5 Å². The number of rotatable bonds is 8. The van der Waals surface area contributed by atoms with E-state index in [4.69, 9.17) is 9.47 Å². The van der Waals surface area contributed by atoms with Gasteiger partial charge in [0.2, 0.25) is 5.91 Å². The second-order valence-electron chi connectivity index (χ2n) is 8.85. The second kappa shape index (κ2) is 11.6. The normalized spacial score (nSPS) is 17.5. The van der Waals surface area contributed by atoms with Gasteiger partial charge in [0.05, 0.1) is 20.1 Å². The number of piperidine rings is 1. The molecule has 1 aliphatic rings. The molecule has 1 saturated heterocycles. The maximum Gasteiger partial charge on any atom is 0.254 e. The van der Waals surface area contributed by atoms with Gasteiger partial charge in [-0.05, 0) is 42.2 Å². The van der Waals surface area contributed by atoms with Gasteiger partial charge in [0.15, 0.2) is 11.5 Å². The molecule has 2 unspecified atom stereocenters. The molecule has 3 aromatic carbocycles. The van der Waals surface area contributed by atoms with Gasteiger partial charge in [-0.3, -0.25) is 9.59 Å². The van der Waals surface area contributed by atoms with Gasteiger partial charge < -0.3 is 19.7 Å². The largest absolute Gasteiger partial charge is 0.493 e. The molecule has 0 aromatic heterocycles. The highest BCUT2D eigenvalue weighted by Crippen LogP contribution is 2.33. The molecular weight excluding hydrogens is 440 g/mol. The molecule has 3 aromatic rings. The first-order valence-electron chi connectivity index (χ1n) is 12.0. The smallest absolute Gasteiger partial charge is 0.254 e. The van der Waals surface area contributed by atoms with Crippen LogP contribution in [0.4, 0.5) is 0 Å². The van der Waals surface area contributed by atoms with Gasteiger partial charge in [-0.2, -0.15) is 0 Å². The molecular formula is C29H32N2O4. The highest BCUT2D eigenvalue weighted by molar-refractivity contribution is 5.95.